The second-order valence-corrected chi connectivity index (χ2v) is 7.89. The van der Waals surface area contributed by atoms with Crippen molar-refractivity contribution in [3.63, 3.8) is 0 Å². The van der Waals surface area contributed by atoms with E-state index in [-0.39, 0.29) is 5.82 Å². The van der Waals surface area contributed by atoms with Gasteiger partial charge in [0.2, 0.25) is 6.23 Å². The van der Waals surface area contributed by atoms with Crippen LogP contribution in [0.2, 0.25) is 5.02 Å². The number of halogens is 2. The van der Waals surface area contributed by atoms with Crippen molar-refractivity contribution < 1.29 is 19.0 Å². The summed E-state index contributed by atoms with van der Waals surface area (Å²) in [5.41, 5.74) is -0.540. The van der Waals surface area contributed by atoms with Crippen LogP contribution in [0.4, 0.5) is 4.39 Å². The summed E-state index contributed by atoms with van der Waals surface area (Å²) in [5.74, 6) is 0.822. The van der Waals surface area contributed by atoms with Gasteiger partial charge in [0.25, 0.3) is 0 Å². The molecule has 29 heavy (non-hydrogen) atoms. The summed E-state index contributed by atoms with van der Waals surface area (Å²) >= 11 is 5.89. The van der Waals surface area contributed by atoms with Gasteiger partial charge in [-0.1, -0.05) is 25.4 Å². The quantitative estimate of drug-likeness (QED) is 0.524. The number of rotatable bonds is 9. The molecule has 154 valence electrons. The molecule has 3 rings (SSSR count). The van der Waals surface area contributed by atoms with Gasteiger partial charge in [-0.05, 0) is 60.4 Å². The van der Waals surface area contributed by atoms with Crippen molar-refractivity contribution >= 4 is 11.6 Å². The number of aromatic nitrogens is 2. The van der Waals surface area contributed by atoms with E-state index in [4.69, 9.17) is 21.1 Å². The van der Waals surface area contributed by atoms with Crippen LogP contribution in [0.3, 0.4) is 0 Å². The molecule has 0 aliphatic rings. The summed E-state index contributed by atoms with van der Waals surface area (Å²) in [6.07, 6.45) is 3.89. The first-order valence-electron chi connectivity index (χ1n) is 9.31. The number of hydrogen-bond acceptors (Lipinski definition) is 4. The fraction of sp³-hybridized carbons (Fsp3) is 0.318. The first-order valence-corrected chi connectivity index (χ1v) is 9.69. The second-order valence-electron chi connectivity index (χ2n) is 7.46. The molecule has 5 nitrogen and oxygen atoms in total. The van der Waals surface area contributed by atoms with Gasteiger partial charge < -0.3 is 14.6 Å². The summed E-state index contributed by atoms with van der Waals surface area (Å²) in [4.78, 5) is 4.05. The lowest BCUT2D eigenvalue weighted by atomic mass is 9.82. The Hall–Kier alpha value is -2.57. The third-order valence-corrected chi connectivity index (χ3v) is 5.04. The van der Waals surface area contributed by atoms with Crippen LogP contribution in [0, 0.1) is 11.2 Å². The van der Waals surface area contributed by atoms with Gasteiger partial charge in [0.1, 0.15) is 23.4 Å². The molecular formula is C22H24ClFN2O3. The van der Waals surface area contributed by atoms with Gasteiger partial charge in [0.05, 0.1) is 12.9 Å². The zero-order chi connectivity index (χ0) is 20.9. The lowest BCUT2D eigenvalue weighted by molar-refractivity contribution is -0.0796. The smallest absolute Gasteiger partial charge is 0.203 e. The summed E-state index contributed by atoms with van der Waals surface area (Å²) < 4.78 is 26.7. The molecule has 0 amide bonds. The van der Waals surface area contributed by atoms with Crippen molar-refractivity contribution in [2.24, 2.45) is 5.41 Å². The third kappa shape index (κ3) is 5.71. The molecule has 0 aliphatic carbocycles. The topological polar surface area (TPSA) is 56.5 Å². The zero-order valence-electron chi connectivity index (χ0n) is 16.3. The lowest BCUT2D eigenvalue weighted by Crippen LogP contribution is -2.40. The minimum atomic E-state index is -0.879. The lowest BCUT2D eigenvalue weighted by Gasteiger charge is -2.36. The Labute approximate surface area is 174 Å². The molecule has 2 unspecified atom stereocenters. The Kier molecular flexibility index (Phi) is 6.77. The monoisotopic (exact) mass is 418 g/mol. The predicted octanol–water partition coefficient (Wildman–Crippen LogP) is 5.11. The van der Waals surface area contributed by atoms with Gasteiger partial charge in [-0.15, -0.1) is 0 Å². The van der Waals surface area contributed by atoms with E-state index in [0.717, 1.165) is 0 Å². The predicted molar refractivity (Wildman–Crippen MR) is 110 cm³/mol. The van der Waals surface area contributed by atoms with E-state index in [2.05, 4.69) is 4.98 Å². The van der Waals surface area contributed by atoms with Crippen LogP contribution in [0.5, 0.6) is 11.5 Å². The third-order valence-electron chi connectivity index (χ3n) is 4.79. The Balaban J connectivity index is 1.68. The maximum absolute atomic E-state index is 13.2. The summed E-state index contributed by atoms with van der Waals surface area (Å²) in [6.45, 7) is 4.31. The van der Waals surface area contributed by atoms with Gasteiger partial charge in [-0.3, -0.25) is 4.57 Å². The van der Waals surface area contributed by atoms with Crippen molar-refractivity contribution in [3.8, 4) is 11.5 Å². The fourth-order valence-corrected chi connectivity index (χ4v) is 2.98. The molecule has 0 bridgehead atoms. The maximum atomic E-state index is 13.2. The van der Waals surface area contributed by atoms with Gasteiger partial charge in [0.15, 0.2) is 0 Å². The van der Waals surface area contributed by atoms with Crippen LogP contribution in [0.1, 0.15) is 26.5 Å². The number of ether oxygens (including phenoxy) is 2. The molecule has 0 spiro atoms. The summed E-state index contributed by atoms with van der Waals surface area (Å²) in [6, 6.07) is 12.8. The van der Waals surface area contributed by atoms with Crippen LogP contribution in [0.25, 0.3) is 0 Å². The van der Waals surface area contributed by atoms with Gasteiger partial charge in [-0.2, -0.15) is 0 Å². The van der Waals surface area contributed by atoms with Crippen LogP contribution < -0.4 is 9.47 Å². The van der Waals surface area contributed by atoms with Crippen molar-refractivity contribution in [1.29, 1.82) is 0 Å². The number of aliphatic hydroxyl groups excluding tert-OH is 1. The first-order chi connectivity index (χ1) is 13.8. The minimum absolute atomic E-state index is 0.350. The Morgan fingerprint density at radius 2 is 1.76 bits per heavy atom. The van der Waals surface area contributed by atoms with Crippen LogP contribution in [0.15, 0.2) is 67.3 Å². The van der Waals surface area contributed by atoms with Crippen molar-refractivity contribution in [3.05, 3.63) is 78.1 Å². The molecule has 0 saturated carbocycles. The normalized spacial score (nSPS) is 13.7. The highest BCUT2D eigenvalue weighted by molar-refractivity contribution is 6.30. The molecule has 7 heteroatoms. The number of nitrogens with zero attached hydrogens (tertiary/aromatic N) is 2. The Morgan fingerprint density at radius 3 is 2.38 bits per heavy atom. The van der Waals surface area contributed by atoms with E-state index in [1.807, 2.05) is 13.8 Å². The van der Waals surface area contributed by atoms with E-state index in [1.165, 1.54) is 24.3 Å². The largest absolute Gasteiger partial charge is 0.494 e. The zero-order valence-corrected chi connectivity index (χ0v) is 17.1. The molecule has 1 heterocycles. The molecular weight excluding hydrogens is 395 g/mol. The standard InChI is InChI=1S/C22H24ClFN2O3/c1-22(2,11-14-28-18-7-3-16(23)4-8-18)20(27)21(26-13-12-25-15-26)29-19-9-5-17(24)6-10-19/h3-10,12-13,15,20-21,27H,11,14H2,1-2H3. The van der Waals surface area contributed by atoms with E-state index in [1.54, 1.807) is 47.6 Å². The van der Waals surface area contributed by atoms with E-state index in [0.29, 0.717) is 29.5 Å². The highest BCUT2D eigenvalue weighted by atomic mass is 35.5. The van der Waals surface area contributed by atoms with Gasteiger partial charge in [-0.25, -0.2) is 9.37 Å². The molecule has 0 aliphatic heterocycles. The Bertz CT molecular complexity index is 883. The van der Waals surface area contributed by atoms with E-state index < -0.39 is 17.7 Å². The average Bonchev–Trinajstić information content (AvgIpc) is 3.23. The fourth-order valence-electron chi connectivity index (χ4n) is 2.86. The SMILES string of the molecule is CC(C)(CCOc1ccc(Cl)cc1)C(O)C(Oc1ccc(F)cc1)n1ccnc1. The number of imidazole rings is 1. The number of aliphatic hydroxyl groups is 1. The average molecular weight is 419 g/mol. The van der Waals surface area contributed by atoms with Crippen molar-refractivity contribution in [2.75, 3.05) is 6.61 Å². The highest BCUT2D eigenvalue weighted by Crippen LogP contribution is 2.34. The van der Waals surface area contributed by atoms with E-state index in [9.17, 15) is 9.50 Å². The number of benzene rings is 2. The maximum Gasteiger partial charge on any atom is 0.203 e. The molecule has 3 aromatic rings. The summed E-state index contributed by atoms with van der Waals surface area (Å²) in [5, 5.41) is 11.8. The van der Waals surface area contributed by atoms with Crippen LogP contribution >= 0.6 is 11.6 Å². The minimum Gasteiger partial charge on any atom is -0.494 e. The van der Waals surface area contributed by atoms with Crippen LogP contribution in [-0.4, -0.2) is 27.4 Å². The van der Waals surface area contributed by atoms with Crippen molar-refractivity contribution in [1.82, 2.24) is 9.55 Å². The Morgan fingerprint density at radius 1 is 1.10 bits per heavy atom. The second kappa shape index (κ2) is 9.29. The van der Waals surface area contributed by atoms with E-state index >= 15 is 0 Å². The summed E-state index contributed by atoms with van der Waals surface area (Å²) in [7, 11) is 0. The molecule has 0 fully saturated rings. The number of hydrogen-bond donors (Lipinski definition) is 1. The van der Waals surface area contributed by atoms with Gasteiger partial charge >= 0.3 is 0 Å². The molecule has 2 aromatic carbocycles. The molecule has 1 N–H and O–H groups in total. The first kappa shape index (κ1) is 21.1. The molecule has 0 saturated heterocycles. The van der Waals surface area contributed by atoms with Crippen molar-refractivity contribution in [2.45, 2.75) is 32.6 Å². The molecule has 1 aromatic heterocycles. The van der Waals surface area contributed by atoms with Crippen LogP contribution in [-0.2, 0) is 0 Å². The van der Waals surface area contributed by atoms with Gasteiger partial charge in [0, 0.05) is 17.4 Å². The highest BCUT2D eigenvalue weighted by Gasteiger charge is 2.36. The molecule has 2 atom stereocenters. The molecule has 0 radical (unpaired) electrons.